The molecular formula is C21H15ClO7. The molecule has 2 N–H and O–H groups in total. The fraction of sp³-hybridized carbons (Fsp3) is 0. The molecule has 29 heavy (non-hydrogen) atoms. The highest BCUT2D eigenvalue weighted by Crippen LogP contribution is 2.38. The van der Waals surface area contributed by atoms with Crippen LogP contribution in [0.5, 0.6) is 11.5 Å². The van der Waals surface area contributed by atoms with E-state index in [1.54, 1.807) is 0 Å². The molecule has 7 nitrogen and oxygen atoms in total. The van der Waals surface area contributed by atoms with E-state index in [9.17, 15) is 10.2 Å². The number of fused-ring (bicyclic) bond motifs is 1. The first-order valence-electron chi connectivity index (χ1n) is 8.28. The second-order valence-electron chi connectivity index (χ2n) is 5.97. The van der Waals surface area contributed by atoms with Crippen LogP contribution in [0.3, 0.4) is 0 Å². The van der Waals surface area contributed by atoms with Gasteiger partial charge in [-0.1, -0.05) is 48.5 Å². The molecule has 4 rings (SSSR count). The van der Waals surface area contributed by atoms with E-state index < -0.39 is 10.2 Å². The van der Waals surface area contributed by atoms with Crippen molar-refractivity contribution in [2.24, 2.45) is 0 Å². The molecule has 4 aromatic rings. The highest BCUT2D eigenvalue weighted by atomic mass is 35.7. The zero-order valence-electron chi connectivity index (χ0n) is 14.8. The Balaban J connectivity index is 0.000000431. The topological polar surface area (TPSA) is 144 Å². The molecule has 0 atom stereocenters. The summed E-state index contributed by atoms with van der Waals surface area (Å²) in [6.45, 7) is 0. The van der Waals surface area contributed by atoms with Gasteiger partial charge in [0.15, 0.2) is 11.5 Å². The van der Waals surface area contributed by atoms with Crippen LogP contribution in [0.2, 0.25) is 0 Å². The van der Waals surface area contributed by atoms with Crippen LogP contribution in [-0.2, 0) is 0 Å². The molecule has 1 heterocycles. The molecule has 1 aromatic heterocycles. The molecule has 0 fully saturated rings. The van der Waals surface area contributed by atoms with Gasteiger partial charge in [-0.2, -0.15) is 0 Å². The first kappa shape index (κ1) is 20.5. The van der Waals surface area contributed by atoms with Crippen LogP contribution in [0.15, 0.2) is 83.3 Å². The van der Waals surface area contributed by atoms with Crippen molar-refractivity contribution in [3.05, 3.63) is 78.9 Å². The van der Waals surface area contributed by atoms with Gasteiger partial charge in [0, 0.05) is 11.6 Å². The number of hydrogen-bond acceptors (Lipinski definition) is 6. The van der Waals surface area contributed by atoms with Crippen molar-refractivity contribution < 1.29 is 43.5 Å². The van der Waals surface area contributed by atoms with Gasteiger partial charge < -0.3 is 10.2 Å². The fourth-order valence-electron chi connectivity index (χ4n) is 2.81. The van der Waals surface area contributed by atoms with E-state index in [4.69, 9.17) is 23.1 Å². The van der Waals surface area contributed by atoms with Crippen LogP contribution in [0.4, 0.5) is 0 Å². The van der Waals surface area contributed by atoms with E-state index in [0.29, 0.717) is 11.3 Å². The van der Waals surface area contributed by atoms with Gasteiger partial charge in [-0.25, -0.2) is 23.1 Å². The summed E-state index contributed by atoms with van der Waals surface area (Å²) in [6.07, 6.45) is 0. The van der Waals surface area contributed by atoms with Crippen LogP contribution < -0.4 is 18.6 Å². The summed E-state index contributed by atoms with van der Waals surface area (Å²) in [7, 11) is -4.94. The minimum Gasteiger partial charge on any atom is -0.504 e. The summed E-state index contributed by atoms with van der Waals surface area (Å²) in [4.78, 5) is 0. The lowest BCUT2D eigenvalue weighted by atomic mass is 9.99. The number of benzene rings is 3. The molecule has 0 aliphatic heterocycles. The van der Waals surface area contributed by atoms with E-state index in [0.717, 1.165) is 22.1 Å². The van der Waals surface area contributed by atoms with Gasteiger partial charge in [0.25, 0.3) is 0 Å². The summed E-state index contributed by atoms with van der Waals surface area (Å²) in [6, 6.07) is 24.6. The highest BCUT2D eigenvalue weighted by molar-refractivity contribution is 5.96. The van der Waals surface area contributed by atoms with Crippen molar-refractivity contribution in [2.45, 2.75) is 0 Å². The van der Waals surface area contributed by atoms with Gasteiger partial charge in [-0.15, -0.1) is 10.2 Å². The predicted octanol–water partition coefficient (Wildman–Crippen LogP) is 0.703. The Labute approximate surface area is 167 Å². The molecule has 0 saturated heterocycles. The molecule has 148 valence electrons. The van der Waals surface area contributed by atoms with Crippen LogP contribution in [-0.4, -0.2) is 10.2 Å². The third-order valence-corrected chi connectivity index (χ3v) is 4.01. The summed E-state index contributed by atoms with van der Waals surface area (Å²) in [5.74, 6) is 0.338. The third kappa shape index (κ3) is 5.41. The van der Waals surface area contributed by atoms with E-state index in [-0.39, 0.29) is 11.5 Å². The predicted molar refractivity (Wildman–Crippen MR) is 94.8 cm³/mol. The van der Waals surface area contributed by atoms with Crippen LogP contribution in [0.25, 0.3) is 33.4 Å². The van der Waals surface area contributed by atoms with E-state index in [2.05, 4.69) is 0 Å². The smallest absolute Gasteiger partial charge is 0.365 e. The first-order valence-corrected chi connectivity index (χ1v) is 9.51. The number of hydrogen-bond donors (Lipinski definition) is 2. The molecule has 0 spiro atoms. The van der Waals surface area contributed by atoms with Crippen molar-refractivity contribution in [3.8, 4) is 33.9 Å². The summed E-state index contributed by atoms with van der Waals surface area (Å²) < 4.78 is 39.9. The van der Waals surface area contributed by atoms with Gasteiger partial charge in [0.2, 0.25) is 0 Å². The Morgan fingerprint density at radius 3 is 1.69 bits per heavy atom. The van der Waals surface area contributed by atoms with Gasteiger partial charge in [0.05, 0.1) is 23.1 Å². The number of rotatable bonds is 2. The SMILES string of the molecule is Oc1cc2[o+]c(-c3ccccc3)cc(-c3ccccc3)c2cc1O.[O-][Cl+3]([O-])([O-])[O-]. The maximum Gasteiger partial charge on any atom is 0.365 e. The Bertz CT molecular complexity index is 1100. The molecule has 0 amide bonds. The quantitative estimate of drug-likeness (QED) is 0.363. The summed E-state index contributed by atoms with van der Waals surface area (Å²) in [5, 5.41) is 20.5. The lowest BCUT2D eigenvalue weighted by Gasteiger charge is -2.17. The average molecular weight is 415 g/mol. The largest absolute Gasteiger partial charge is 0.504 e. The minimum atomic E-state index is -4.94. The Morgan fingerprint density at radius 2 is 1.14 bits per heavy atom. The van der Waals surface area contributed by atoms with Gasteiger partial charge in [-0.05, 0) is 17.7 Å². The molecule has 0 unspecified atom stereocenters. The van der Waals surface area contributed by atoms with E-state index in [1.807, 2.05) is 66.7 Å². The zero-order valence-corrected chi connectivity index (χ0v) is 15.6. The van der Waals surface area contributed by atoms with E-state index in [1.165, 1.54) is 12.1 Å². The Hall–Kier alpha value is -3.20. The number of phenols is 2. The standard InChI is InChI=1S/C21H14O3.ClHO4/c22-18-11-17-16(14-7-3-1-4-8-14)12-20(15-9-5-2-6-10-15)24-21(17)13-19(18)23;2-1(3,4)5/h1-13H,(H-,22,23);(H,2,3,4,5). The van der Waals surface area contributed by atoms with Gasteiger partial charge in [-0.3, -0.25) is 0 Å². The average Bonchev–Trinajstić information content (AvgIpc) is 2.68. The van der Waals surface area contributed by atoms with Crippen molar-refractivity contribution in [3.63, 3.8) is 0 Å². The normalized spacial score (nSPS) is 11.0. The van der Waals surface area contributed by atoms with Crippen molar-refractivity contribution >= 4 is 11.0 Å². The summed E-state index contributed by atoms with van der Waals surface area (Å²) >= 11 is 0. The van der Waals surface area contributed by atoms with Crippen LogP contribution >= 0.6 is 0 Å². The number of halogens is 1. The lowest BCUT2D eigenvalue weighted by molar-refractivity contribution is -2.00. The third-order valence-electron chi connectivity index (χ3n) is 4.01. The Kier molecular flexibility index (Phi) is 5.97. The van der Waals surface area contributed by atoms with Gasteiger partial charge >= 0.3 is 11.3 Å². The maximum absolute atomic E-state index is 9.88. The molecular weight excluding hydrogens is 400 g/mol. The lowest BCUT2D eigenvalue weighted by Crippen LogP contribution is -2.68. The van der Waals surface area contributed by atoms with Crippen molar-refractivity contribution in [1.29, 1.82) is 0 Å². The van der Waals surface area contributed by atoms with E-state index >= 15 is 0 Å². The molecule has 0 aliphatic rings. The highest BCUT2D eigenvalue weighted by Gasteiger charge is 2.21. The van der Waals surface area contributed by atoms with Crippen LogP contribution in [0, 0.1) is 10.2 Å². The number of aromatic hydroxyl groups is 2. The first-order chi connectivity index (χ1) is 13.7. The summed E-state index contributed by atoms with van der Waals surface area (Å²) in [5.41, 5.74) is 3.42. The fourth-order valence-corrected chi connectivity index (χ4v) is 2.81. The monoisotopic (exact) mass is 414 g/mol. The second kappa shape index (κ2) is 8.44. The number of phenolic OH excluding ortho intramolecular Hbond substituents is 2. The van der Waals surface area contributed by atoms with Crippen LogP contribution in [0.1, 0.15) is 0 Å². The van der Waals surface area contributed by atoms with Gasteiger partial charge in [0.1, 0.15) is 0 Å². The van der Waals surface area contributed by atoms with Crippen molar-refractivity contribution in [1.82, 2.24) is 0 Å². The second-order valence-corrected chi connectivity index (χ2v) is 6.73. The Morgan fingerprint density at radius 1 is 0.655 bits per heavy atom. The minimum absolute atomic E-state index is 0.164. The molecule has 8 heteroatoms. The molecule has 0 bridgehead atoms. The molecule has 0 aliphatic carbocycles. The zero-order chi connectivity index (χ0) is 21.0. The maximum atomic E-state index is 9.88. The molecule has 3 aromatic carbocycles. The molecule has 0 radical (unpaired) electrons. The molecule has 0 saturated carbocycles. The van der Waals surface area contributed by atoms with Crippen molar-refractivity contribution in [2.75, 3.05) is 0 Å².